The van der Waals surface area contributed by atoms with E-state index < -0.39 is 0 Å². The van der Waals surface area contributed by atoms with Gasteiger partial charge in [0.15, 0.2) is 11.6 Å². The summed E-state index contributed by atoms with van der Waals surface area (Å²) in [6.07, 6.45) is 5.36. The highest BCUT2D eigenvalue weighted by Gasteiger charge is 2.40. The first-order chi connectivity index (χ1) is 14.2. The number of rotatable bonds is 3. The van der Waals surface area contributed by atoms with Gasteiger partial charge < -0.3 is 14.3 Å². The normalized spacial score (nSPS) is 21.7. The van der Waals surface area contributed by atoms with Crippen LogP contribution in [0.5, 0.6) is 0 Å². The summed E-state index contributed by atoms with van der Waals surface area (Å²) in [4.78, 5) is 21.3. The van der Waals surface area contributed by atoms with E-state index in [1.807, 2.05) is 31.2 Å². The lowest BCUT2D eigenvalue weighted by atomic mass is 10.1. The van der Waals surface area contributed by atoms with Crippen LogP contribution in [0.4, 0.5) is 11.6 Å². The number of aromatic nitrogens is 4. The molecular weight excluding hydrogens is 366 g/mol. The van der Waals surface area contributed by atoms with Gasteiger partial charge in [0, 0.05) is 37.4 Å². The number of aryl methyl sites for hydroxylation is 1. The number of pyridine rings is 1. The molecule has 0 N–H and O–H groups in total. The Morgan fingerprint density at radius 2 is 2.07 bits per heavy atom. The number of anilines is 1. The van der Waals surface area contributed by atoms with Gasteiger partial charge in [-0.05, 0) is 31.9 Å². The average molecular weight is 387 g/mol. The third-order valence-electron chi connectivity index (χ3n) is 5.78. The minimum atomic E-state index is 0.256. The number of hydrogen-bond acceptors (Lipinski definition) is 7. The fourth-order valence-corrected chi connectivity index (χ4v) is 4.44. The van der Waals surface area contributed by atoms with Crippen LogP contribution in [0, 0.1) is 13.5 Å². The molecule has 3 aromatic heterocycles. The van der Waals surface area contributed by atoms with Crippen molar-refractivity contribution in [3.63, 3.8) is 0 Å². The molecule has 5 heterocycles. The third kappa shape index (κ3) is 3.23. The molecule has 0 spiro atoms. The summed E-state index contributed by atoms with van der Waals surface area (Å²) in [6.45, 7) is 11.9. The van der Waals surface area contributed by atoms with Gasteiger partial charge in [-0.2, -0.15) is 0 Å². The molecule has 0 aliphatic carbocycles. The van der Waals surface area contributed by atoms with Crippen molar-refractivity contribution in [1.29, 1.82) is 0 Å². The van der Waals surface area contributed by atoms with Crippen LogP contribution in [0.3, 0.4) is 0 Å². The van der Waals surface area contributed by atoms with Gasteiger partial charge in [0.2, 0.25) is 0 Å². The van der Waals surface area contributed by atoms with Gasteiger partial charge >= 0.3 is 5.82 Å². The second-order valence-electron chi connectivity index (χ2n) is 7.53. The number of hydrogen-bond donors (Lipinski definition) is 0. The van der Waals surface area contributed by atoms with Crippen LogP contribution < -0.4 is 4.90 Å². The molecular formula is C21H21N7O. The largest absolute Gasteiger partial charge is 0.361 e. The van der Waals surface area contributed by atoms with Gasteiger partial charge in [-0.1, -0.05) is 17.8 Å². The van der Waals surface area contributed by atoms with E-state index >= 15 is 0 Å². The van der Waals surface area contributed by atoms with Crippen LogP contribution in [0.25, 0.3) is 16.3 Å². The quantitative estimate of drug-likeness (QED) is 0.638. The van der Waals surface area contributed by atoms with Crippen molar-refractivity contribution in [2.45, 2.75) is 31.8 Å². The maximum atomic E-state index is 7.34. The fraction of sp³-hybridized carbons (Fsp3) is 0.381. The molecule has 0 radical (unpaired) electrons. The predicted octanol–water partition coefficient (Wildman–Crippen LogP) is 3.41. The molecule has 8 heteroatoms. The molecule has 0 amide bonds. The Bertz CT molecular complexity index is 1070. The molecule has 2 aliphatic rings. The van der Waals surface area contributed by atoms with Gasteiger partial charge in [0.25, 0.3) is 0 Å². The van der Waals surface area contributed by atoms with Crippen molar-refractivity contribution in [2.75, 3.05) is 24.5 Å². The summed E-state index contributed by atoms with van der Waals surface area (Å²) >= 11 is 0. The molecule has 8 nitrogen and oxygen atoms in total. The Balaban J connectivity index is 1.33. The van der Waals surface area contributed by atoms with E-state index in [-0.39, 0.29) is 6.04 Å². The van der Waals surface area contributed by atoms with Crippen molar-refractivity contribution in [3.8, 4) is 11.5 Å². The second kappa shape index (κ2) is 7.26. The van der Waals surface area contributed by atoms with Crippen LogP contribution in [0.15, 0.2) is 41.2 Å². The molecule has 2 saturated heterocycles. The van der Waals surface area contributed by atoms with Crippen LogP contribution in [-0.2, 0) is 0 Å². The molecule has 146 valence electrons. The van der Waals surface area contributed by atoms with E-state index in [2.05, 4.69) is 34.8 Å². The lowest BCUT2D eigenvalue weighted by Gasteiger charge is -2.40. The highest BCUT2D eigenvalue weighted by atomic mass is 16.5. The van der Waals surface area contributed by atoms with Crippen molar-refractivity contribution in [1.82, 2.24) is 25.0 Å². The molecule has 5 rings (SSSR count). The number of piperazine rings is 1. The fourth-order valence-electron chi connectivity index (χ4n) is 4.44. The minimum Gasteiger partial charge on any atom is -0.361 e. The molecule has 29 heavy (non-hydrogen) atoms. The topological polar surface area (TPSA) is 75.5 Å². The first-order valence-electron chi connectivity index (χ1n) is 9.83. The zero-order chi connectivity index (χ0) is 19.8. The molecule has 0 unspecified atom stereocenters. The van der Waals surface area contributed by atoms with E-state index in [1.165, 1.54) is 0 Å². The standard InChI is InChI=1S/C21H21N7O/c1-14-4-3-5-16(25-14)19-12-17(26-29-19)18-7-6-15-13-27(10-11-28(15)18)21-20(22-2)23-8-9-24-21/h3-5,8-9,12,15,18H,6-7,10-11,13H2,1H3/t15-,18+/m0/s1. The van der Waals surface area contributed by atoms with Gasteiger partial charge in [-0.25, -0.2) is 9.97 Å². The van der Waals surface area contributed by atoms with Gasteiger partial charge in [-0.15, -0.1) is 4.98 Å². The first kappa shape index (κ1) is 17.8. The highest BCUT2D eigenvalue weighted by Crippen LogP contribution is 2.39. The van der Waals surface area contributed by atoms with Gasteiger partial charge in [0.05, 0.1) is 12.2 Å². The smallest absolute Gasteiger partial charge is 0.312 e. The van der Waals surface area contributed by atoms with Crippen molar-refractivity contribution < 1.29 is 4.52 Å². The monoisotopic (exact) mass is 387 g/mol. The summed E-state index contributed by atoms with van der Waals surface area (Å²) in [6, 6.07) is 8.59. The summed E-state index contributed by atoms with van der Waals surface area (Å²) in [7, 11) is 0. The molecule has 2 fully saturated rings. The Kier molecular flexibility index (Phi) is 4.45. The Labute approximate surface area is 169 Å². The van der Waals surface area contributed by atoms with Crippen molar-refractivity contribution in [3.05, 3.63) is 59.5 Å². The second-order valence-corrected chi connectivity index (χ2v) is 7.53. The van der Waals surface area contributed by atoms with E-state index in [0.29, 0.717) is 23.4 Å². The molecule has 2 atom stereocenters. The predicted molar refractivity (Wildman–Crippen MR) is 107 cm³/mol. The van der Waals surface area contributed by atoms with Crippen molar-refractivity contribution in [2.24, 2.45) is 0 Å². The Morgan fingerprint density at radius 1 is 1.17 bits per heavy atom. The maximum absolute atomic E-state index is 7.34. The first-order valence-corrected chi connectivity index (χ1v) is 9.83. The SMILES string of the molecule is [C-]#[N+]c1nccnc1N1CCN2[C@@H](CC[C@@H]2c2cc(-c3cccc(C)n3)on2)C1. The number of nitrogens with zero attached hydrogens (tertiary/aromatic N) is 7. The summed E-state index contributed by atoms with van der Waals surface area (Å²) < 4.78 is 5.62. The zero-order valence-corrected chi connectivity index (χ0v) is 16.2. The van der Waals surface area contributed by atoms with Gasteiger partial charge in [-0.3, -0.25) is 4.90 Å². The van der Waals surface area contributed by atoms with Crippen LogP contribution in [0.1, 0.15) is 30.3 Å². The molecule has 2 aliphatic heterocycles. The minimum absolute atomic E-state index is 0.256. The lowest BCUT2D eigenvalue weighted by molar-refractivity contribution is 0.170. The third-order valence-corrected chi connectivity index (χ3v) is 5.78. The van der Waals surface area contributed by atoms with E-state index in [0.717, 1.165) is 49.6 Å². The molecule has 0 aromatic carbocycles. The maximum Gasteiger partial charge on any atom is 0.312 e. The van der Waals surface area contributed by atoms with Crippen LogP contribution >= 0.6 is 0 Å². The van der Waals surface area contributed by atoms with E-state index in [4.69, 9.17) is 11.1 Å². The summed E-state index contributed by atoms with van der Waals surface area (Å²) in [5.74, 6) is 1.79. The average Bonchev–Trinajstić information content (AvgIpc) is 3.40. The van der Waals surface area contributed by atoms with Crippen LogP contribution in [0.2, 0.25) is 0 Å². The lowest BCUT2D eigenvalue weighted by Crippen LogP contribution is -2.51. The Morgan fingerprint density at radius 3 is 2.93 bits per heavy atom. The zero-order valence-electron chi connectivity index (χ0n) is 16.2. The summed E-state index contributed by atoms with van der Waals surface area (Å²) in [5, 5.41) is 4.37. The Hall–Kier alpha value is -3.31. The van der Waals surface area contributed by atoms with E-state index in [1.54, 1.807) is 12.4 Å². The highest BCUT2D eigenvalue weighted by molar-refractivity contribution is 5.61. The summed E-state index contributed by atoms with van der Waals surface area (Å²) in [5.41, 5.74) is 2.75. The molecule has 3 aromatic rings. The van der Waals surface area contributed by atoms with Crippen molar-refractivity contribution >= 4 is 11.6 Å². The van der Waals surface area contributed by atoms with E-state index in [9.17, 15) is 0 Å². The molecule has 0 saturated carbocycles. The number of fused-ring (bicyclic) bond motifs is 1. The van der Waals surface area contributed by atoms with Gasteiger partial charge in [0.1, 0.15) is 17.6 Å². The van der Waals surface area contributed by atoms with Crippen LogP contribution in [-0.4, -0.2) is 50.7 Å². The molecule has 0 bridgehead atoms.